The molecule has 0 spiro atoms. The Hall–Kier alpha value is -7.56. The van der Waals surface area contributed by atoms with E-state index in [4.69, 9.17) is 8.83 Å². The zero-order chi connectivity index (χ0) is 45.0. The van der Waals surface area contributed by atoms with Gasteiger partial charge in [-0.3, -0.25) is 0 Å². The molecule has 10 aromatic carbocycles. The third-order valence-electron chi connectivity index (χ3n) is 13.9. The first-order valence-corrected chi connectivity index (χ1v) is 23.4. The van der Waals surface area contributed by atoms with Gasteiger partial charge in [-0.05, 0) is 104 Å². The van der Waals surface area contributed by atoms with Crippen molar-refractivity contribution in [3.8, 4) is 0 Å². The maximum atomic E-state index is 7.04. The van der Waals surface area contributed by atoms with E-state index in [9.17, 15) is 0 Å². The number of fused-ring (bicyclic) bond motifs is 6. The number of anilines is 6. The SMILES string of the molecule is CC(C)c1cccc2c1oc1c(N(c3ccccc3)c3ccc4ccc5c(N(c6ccc(C(C)(C)C)cc6)c6cccc7c6oc6c(C(C)C)cccc67)ccc6ccc3c4c65)cccc12. The van der Waals surface area contributed by atoms with Crippen LogP contribution < -0.4 is 9.80 Å². The molecule has 0 aliphatic heterocycles. The van der Waals surface area contributed by atoms with Crippen LogP contribution in [0.1, 0.15) is 77.0 Å². The zero-order valence-electron chi connectivity index (χ0n) is 38.6. The number of furan rings is 2. The lowest BCUT2D eigenvalue weighted by Crippen LogP contribution is -2.13. The van der Waals surface area contributed by atoms with Gasteiger partial charge in [0.25, 0.3) is 0 Å². The van der Waals surface area contributed by atoms with Crippen molar-refractivity contribution in [3.63, 3.8) is 0 Å². The molecular formula is C62H52N2O2. The largest absolute Gasteiger partial charge is 0.454 e. The minimum Gasteiger partial charge on any atom is -0.454 e. The standard InChI is InChI=1S/C62H52N2O2/c1-37(2)44-17-11-19-46-48-21-13-23-54(60(48)65-58(44)46)63(42-15-9-8-10-16-42)52-35-27-39-26-34-51-53(36-28-40-25-33-50(52)56(39)57(40)51)64(43-31-29-41(30-32-43)62(5,6)7)55-24-14-22-49-47-20-12-18-45(38(3)4)59(47)66-61(49)55/h8-38H,1-7H3. The first-order chi connectivity index (χ1) is 32.0. The lowest BCUT2D eigenvalue weighted by atomic mass is 9.87. The van der Waals surface area contributed by atoms with Gasteiger partial charge in [0, 0.05) is 43.7 Å². The molecule has 0 saturated carbocycles. The molecule has 2 heterocycles. The molecule has 12 rings (SSSR count). The predicted octanol–water partition coefficient (Wildman–Crippen LogP) is 18.9. The van der Waals surface area contributed by atoms with E-state index in [0.29, 0.717) is 11.8 Å². The summed E-state index contributed by atoms with van der Waals surface area (Å²) in [5.41, 5.74) is 13.8. The van der Waals surface area contributed by atoms with E-state index in [1.165, 1.54) is 49.0 Å². The van der Waals surface area contributed by atoms with Crippen molar-refractivity contribution in [2.24, 2.45) is 0 Å². The molecule has 0 aliphatic rings. The van der Waals surface area contributed by atoms with Gasteiger partial charge in [-0.1, -0.05) is 176 Å². The second-order valence-electron chi connectivity index (χ2n) is 19.7. The van der Waals surface area contributed by atoms with E-state index in [-0.39, 0.29) is 5.41 Å². The molecule has 0 atom stereocenters. The van der Waals surface area contributed by atoms with Crippen LogP contribution in [0.3, 0.4) is 0 Å². The fraction of sp³-hybridized carbons (Fsp3) is 0.161. The Morgan fingerprint density at radius 3 is 1.20 bits per heavy atom. The van der Waals surface area contributed by atoms with Crippen LogP contribution in [0.5, 0.6) is 0 Å². The first-order valence-electron chi connectivity index (χ1n) is 23.4. The highest BCUT2D eigenvalue weighted by Crippen LogP contribution is 2.51. The van der Waals surface area contributed by atoms with Crippen molar-refractivity contribution in [2.75, 3.05) is 9.80 Å². The number of rotatable bonds is 8. The fourth-order valence-corrected chi connectivity index (χ4v) is 10.6. The van der Waals surface area contributed by atoms with Crippen molar-refractivity contribution in [1.82, 2.24) is 0 Å². The molecule has 2 aromatic heterocycles. The van der Waals surface area contributed by atoms with Gasteiger partial charge in [0.2, 0.25) is 0 Å². The Morgan fingerprint density at radius 1 is 0.348 bits per heavy atom. The Bertz CT molecular complexity index is 3810. The van der Waals surface area contributed by atoms with Gasteiger partial charge in [-0.15, -0.1) is 0 Å². The summed E-state index contributed by atoms with van der Waals surface area (Å²) < 4.78 is 14.0. The minimum atomic E-state index is 0.0145. The molecule has 0 radical (unpaired) electrons. The Morgan fingerprint density at radius 2 is 0.758 bits per heavy atom. The Labute approximate surface area is 385 Å². The van der Waals surface area contributed by atoms with Crippen LogP contribution in [0.15, 0.2) is 185 Å². The summed E-state index contributed by atoms with van der Waals surface area (Å²) in [6.07, 6.45) is 0. The van der Waals surface area contributed by atoms with Gasteiger partial charge in [0.1, 0.15) is 11.2 Å². The molecule has 0 amide bonds. The van der Waals surface area contributed by atoms with Gasteiger partial charge in [0.15, 0.2) is 11.2 Å². The highest BCUT2D eigenvalue weighted by molar-refractivity contribution is 6.28. The van der Waals surface area contributed by atoms with Crippen LogP contribution in [0.25, 0.3) is 76.2 Å². The normalized spacial score (nSPS) is 12.4. The fourth-order valence-electron chi connectivity index (χ4n) is 10.6. The van der Waals surface area contributed by atoms with Crippen LogP contribution in [0, 0.1) is 0 Å². The molecule has 0 unspecified atom stereocenters. The first kappa shape index (κ1) is 40.0. The van der Waals surface area contributed by atoms with Gasteiger partial charge in [0.05, 0.1) is 22.7 Å². The molecule has 66 heavy (non-hydrogen) atoms. The summed E-state index contributed by atoms with van der Waals surface area (Å²) in [5, 5.41) is 11.7. The summed E-state index contributed by atoms with van der Waals surface area (Å²) in [6, 6.07) is 64.5. The van der Waals surface area contributed by atoms with E-state index in [1.54, 1.807) is 0 Å². The van der Waals surface area contributed by atoms with Crippen LogP contribution in [-0.2, 0) is 5.41 Å². The molecule has 4 heteroatoms. The molecule has 322 valence electrons. The highest BCUT2D eigenvalue weighted by atomic mass is 16.3. The van der Waals surface area contributed by atoms with Crippen molar-refractivity contribution < 1.29 is 8.83 Å². The van der Waals surface area contributed by atoms with Gasteiger partial charge in [-0.2, -0.15) is 0 Å². The molecule has 0 fully saturated rings. The maximum Gasteiger partial charge on any atom is 0.159 e. The Balaban J connectivity index is 1.12. The predicted molar refractivity (Wildman–Crippen MR) is 281 cm³/mol. The Kier molecular flexibility index (Phi) is 9.09. The molecule has 4 nitrogen and oxygen atoms in total. The number of hydrogen-bond acceptors (Lipinski definition) is 4. The van der Waals surface area contributed by atoms with E-state index < -0.39 is 0 Å². The van der Waals surface area contributed by atoms with Gasteiger partial charge < -0.3 is 18.6 Å². The van der Waals surface area contributed by atoms with Crippen LogP contribution in [0.4, 0.5) is 34.1 Å². The average Bonchev–Trinajstić information content (AvgIpc) is 3.91. The van der Waals surface area contributed by atoms with Gasteiger partial charge >= 0.3 is 0 Å². The van der Waals surface area contributed by atoms with Crippen LogP contribution in [-0.4, -0.2) is 0 Å². The topological polar surface area (TPSA) is 32.8 Å². The number of benzene rings is 10. The van der Waals surface area contributed by atoms with E-state index in [0.717, 1.165) is 78.0 Å². The summed E-state index contributed by atoms with van der Waals surface area (Å²) in [6.45, 7) is 15.8. The average molecular weight is 857 g/mol. The van der Waals surface area contributed by atoms with Crippen LogP contribution >= 0.6 is 0 Å². The molecular weight excluding hydrogens is 805 g/mol. The van der Waals surface area contributed by atoms with E-state index in [1.807, 2.05) is 0 Å². The lowest BCUT2D eigenvalue weighted by molar-refractivity contribution is 0.590. The van der Waals surface area contributed by atoms with E-state index >= 15 is 0 Å². The zero-order valence-corrected chi connectivity index (χ0v) is 38.6. The van der Waals surface area contributed by atoms with Crippen molar-refractivity contribution in [2.45, 2.75) is 65.7 Å². The van der Waals surface area contributed by atoms with Crippen molar-refractivity contribution in [3.05, 3.63) is 193 Å². The van der Waals surface area contributed by atoms with Crippen molar-refractivity contribution in [1.29, 1.82) is 0 Å². The van der Waals surface area contributed by atoms with Crippen LogP contribution in [0.2, 0.25) is 0 Å². The molecule has 0 N–H and O–H groups in total. The van der Waals surface area contributed by atoms with Gasteiger partial charge in [-0.25, -0.2) is 0 Å². The van der Waals surface area contributed by atoms with E-state index in [2.05, 4.69) is 234 Å². The second-order valence-corrected chi connectivity index (χ2v) is 19.7. The second kappa shape index (κ2) is 15.0. The molecule has 0 aliphatic carbocycles. The summed E-state index contributed by atoms with van der Waals surface area (Å²) >= 11 is 0. The summed E-state index contributed by atoms with van der Waals surface area (Å²) in [5.74, 6) is 0.650. The number of hydrogen-bond donors (Lipinski definition) is 0. The summed E-state index contributed by atoms with van der Waals surface area (Å²) in [7, 11) is 0. The molecule has 0 saturated heterocycles. The highest BCUT2D eigenvalue weighted by Gasteiger charge is 2.27. The quantitative estimate of drug-likeness (QED) is 0.143. The minimum absolute atomic E-state index is 0.0145. The maximum absolute atomic E-state index is 7.04. The smallest absolute Gasteiger partial charge is 0.159 e. The third-order valence-corrected chi connectivity index (χ3v) is 13.9. The third kappa shape index (κ3) is 6.11. The van der Waals surface area contributed by atoms with Crippen molar-refractivity contribution >= 4 is 110 Å². The number of para-hydroxylation sites is 5. The molecule has 0 bridgehead atoms. The lowest BCUT2D eigenvalue weighted by Gasteiger charge is -2.29. The monoisotopic (exact) mass is 856 g/mol. The molecule has 12 aromatic rings. The summed E-state index contributed by atoms with van der Waals surface area (Å²) in [4.78, 5) is 4.81. The number of nitrogens with zero attached hydrogens (tertiary/aromatic N) is 2.